The van der Waals surface area contributed by atoms with Crippen molar-refractivity contribution in [3.05, 3.63) is 53.6 Å². The lowest BCUT2D eigenvalue weighted by atomic mass is 9.80. The van der Waals surface area contributed by atoms with Crippen molar-refractivity contribution in [3.8, 4) is 11.5 Å². The van der Waals surface area contributed by atoms with Crippen molar-refractivity contribution >= 4 is 18.5 Å². The predicted octanol–water partition coefficient (Wildman–Crippen LogP) is 1.33. The Bertz CT molecular complexity index is 687. The van der Waals surface area contributed by atoms with E-state index in [4.69, 9.17) is 9.39 Å². The first-order valence-electron chi connectivity index (χ1n) is 7.05. The molecule has 0 atom stereocenters. The monoisotopic (exact) mass is 297 g/mol. The van der Waals surface area contributed by atoms with Crippen LogP contribution in [0.25, 0.3) is 0 Å². The van der Waals surface area contributed by atoms with Crippen LogP contribution in [0, 0.1) is 0 Å². The van der Waals surface area contributed by atoms with Crippen LogP contribution in [0.5, 0.6) is 11.5 Å². The van der Waals surface area contributed by atoms with E-state index in [9.17, 15) is 9.82 Å². The fourth-order valence-electron chi connectivity index (χ4n) is 2.31. The summed E-state index contributed by atoms with van der Waals surface area (Å²) in [5.41, 5.74) is 2.73. The van der Waals surface area contributed by atoms with Crippen molar-refractivity contribution in [1.29, 1.82) is 0 Å². The van der Waals surface area contributed by atoms with Gasteiger partial charge in [0.05, 0.1) is 6.61 Å². The minimum absolute atomic E-state index is 0.0529. The highest BCUT2D eigenvalue weighted by molar-refractivity contribution is 6.61. The molecule has 3 rings (SSSR count). The standard InChI is InChI=1S/C16H16BNO4/c1-11(19)18-9-12-2-4-14(5-3-12)22-15-6-7-16-13(8-15)10-21-17(16)20/h2-8,20H,9-10H2,1H3,(H,18,19). The number of hydrogen-bond donors (Lipinski definition) is 2. The van der Waals surface area contributed by atoms with Gasteiger partial charge in [0, 0.05) is 13.5 Å². The van der Waals surface area contributed by atoms with Gasteiger partial charge in [-0.05, 0) is 40.9 Å². The van der Waals surface area contributed by atoms with E-state index in [1.165, 1.54) is 6.92 Å². The van der Waals surface area contributed by atoms with Gasteiger partial charge in [-0.2, -0.15) is 0 Å². The number of carbonyl (C=O) groups is 1. The van der Waals surface area contributed by atoms with Gasteiger partial charge in [0.1, 0.15) is 11.5 Å². The average Bonchev–Trinajstić information content (AvgIpc) is 2.87. The van der Waals surface area contributed by atoms with Gasteiger partial charge in [0.25, 0.3) is 0 Å². The maximum atomic E-state index is 10.9. The van der Waals surface area contributed by atoms with Gasteiger partial charge in [-0.15, -0.1) is 0 Å². The van der Waals surface area contributed by atoms with Crippen molar-refractivity contribution in [2.45, 2.75) is 20.1 Å². The molecule has 1 aliphatic rings. The maximum Gasteiger partial charge on any atom is 0.491 e. The Kier molecular flexibility index (Phi) is 4.13. The molecule has 0 aliphatic carbocycles. The van der Waals surface area contributed by atoms with Gasteiger partial charge < -0.3 is 19.7 Å². The van der Waals surface area contributed by atoms with E-state index in [1.807, 2.05) is 42.5 Å². The van der Waals surface area contributed by atoms with Gasteiger partial charge in [0.15, 0.2) is 0 Å². The minimum atomic E-state index is -0.836. The molecule has 2 N–H and O–H groups in total. The summed E-state index contributed by atoms with van der Waals surface area (Å²) in [6.45, 7) is 2.39. The summed E-state index contributed by atoms with van der Waals surface area (Å²) in [6, 6.07) is 13.0. The Morgan fingerprint density at radius 2 is 2.00 bits per heavy atom. The second-order valence-corrected chi connectivity index (χ2v) is 5.18. The number of hydrogen-bond acceptors (Lipinski definition) is 4. The Morgan fingerprint density at radius 1 is 1.27 bits per heavy atom. The van der Waals surface area contributed by atoms with Crippen LogP contribution < -0.4 is 15.5 Å². The highest BCUT2D eigenvalue weighted by Crippen LogP contribution is 2.24. The van der Waals surface area contributed by atoms with Gasteiger partial charge in [0.2, 0.25) is 5.91 Å². The Morgan fingerprint density at radius 3 is 2.73 bits per heavy atom. The number of fused-ring (bicyclic) bond motifs is 1. The first kappa shape index (κ1) is 14.6. The van der Waals surface area contributed by atoms with E-state index in [0.29, 0.717) is 24.7 Å². The molecule has 0 spiro atoms. The molecule has 0 unspecified atom stereocenters. The van der Waals surface area contributed by atoms with Crippen molar-refractivity contribution < 1.29 is 19.2 Å². The van der Waals surface area contributed by atoms with Crippen molar-refractivity contribution in [3.63, 3.8) is 0 Å². The van der Waals surface area contributed by atoms with Crippen LogP contribution in [0.15, 0.2) is 42.5 Å². The van der Waals surface area contributed by atoms with E-state index in [2.05, 4.69) is 5.32 Å². The number of amides is 1. The summed E-state index contributed by atoms with van der Waals surface area (Å²) in [6.07, 6.45) is 0. The zero-order valence-electron chi connectivity index (χ0n) is 12.2. The van der Waals surface area contributed by atoms with Gasteiger partial charge >= 0.3 is 7.12 Å². The molecule has 1 aliphatic heterocycles. The number of nitrogens with one attached hydrogen (secondary N) is 1. The van der Waals surface area contributed by atoms with E-state index in [0.717, 1.165) is 16.6 Å². The summed E-state index contributed by atoms with van der Waals surface area (Å²) in [4.78, 5) is 10.9. The summed E-state index contributed by atoms with van der Waals surface area (Å²) in [5, 5.41) is 12.3. The molecule has 112 valence electrons. The normalized spacial score (nSPS) is 12.9. The summed E-state index contributed by atoms with van der Waals surface area (Å²) < 4.78 is 11.0. The van der Waals surface area contributed by atoms with E-state index in [-0.39, 0.29) is 5.91 Å². The highest BCUT2D eigenvalue weighted by atomic mass is 16.5. The van der Waals surface area contributed by atoms with E-state index in [1.54, 1.807) is 0 Å². The molecule has 1 heterocycles. The Hall–Kier alpha value is -2.31. The third-order valence-electron chi connectivity index (χ3n) is 3.48. The first-order chi connectivity index (χ1) is 10.6. The van der Waals surface area contributed by atoms with E-state index >= 15 is 0 Å². The topological polar surface area (TPSA) is 67.8 Å². The molecule has 0 radical (unpaired) electrons. The van der Waals surface area contributed by atoms with Crippen LogP contribution in [0.1, 0.15) is 18.1 Å². The number of carbonyl (C=O) groups excluding carboxylic acids is 1. The fourth-order valence-corrected chi connectivity index (χ4v) is 2.31. The van der Waals surface area contributed by atoms with Crippen LogP contribution in [0.4, 0.5) is 0 Å². The van der Waals surface area contributed by atoms with Crippen LogP contribution in [0.3, 0.4) is 0 Å². The van der Waals surface area contributed by atoms with Crippen LogP contribution in [-0.4, -0.2) is 18.0 Å². The second kappa shape index (κ2) is 6.21. The summed E-state index contributed by atoms with van der Waals surface area (Å²) in [5.74, 6) is 1.36. The molecule has 5 nitrogen and oxygen atoms in total. The van der Waals surface area contributed by atoms with Gasteiger partial charge in [-0.25, -0.2) is 0 Å². The molecular weight excluding hydrogens is 281 g/mol. The summed E-state index contributed by atoms with van der Waals surface area (Å²) in [7, 11) is -0.836. The third kappa shape index (κ3) is 3.29. The maximum absolute atomic E-state index is 10.9. The SMILES string of the molecule is CC(=O)NCc1ccc(Oc2ccc3c(c2)COB3O)cc1. The molecule has 2 aromatic rings. The van der Waals surface area contributed by atoms with E-state index < -0.39 is 7.12 Å². The molecular formula is C16H16BNO4. The highest BCUT2D eigenvalue weighted by Gasteiger charge is 2.27. The molecule has 0 saturated carbocycles. The lowest BCUT2D eigenvalue weighted by molar-refractivity contribution is -0.119. The fraction of sp³-hybridized carbons (Fsp3) is 0.188. The molecule has 2 aromatic carbocycles. The number of ether oxygens (including phenoxy) is 1. The molecule has 0 fully saturated rings. The zero-order chi connectivity index (χ0) is 15.5. The molecule has 6 heteroatoms. The summed E-state index contributed by atoms with van der Waals surface area (Å²) >= 11 is 0. The zero-order valence-corrected chi connectivity index (χ0v) is 12.2. The first-order valence-corrected chi connectivity index (χ1v) is 7.05. The molecule has 1 amide bonds. The lowest BCUT2D eigenvalue weighted by Gasteiger charge is -2.08. The Balaban J connectivity index is 1.67. The van der Waals surface area contributed by atoms with Crippen molar-refractivity contribution in [2.75, 3.05) is 0 Å². The van der Waals surface area contributed by atoms with Gasteiger partial charge in [-0.1, -0.05) is 18.2 Å². The second-order valence-electron chi connectivity index (χ2n) is 5.18. The average molecular weight is 297 g/mol. The third-order valence-corrected chi connectivity index (χ3v) is 3.48. The van der Waals surface area contributed by atoms with Crippen LogP contribution in [0.2, 0.25) is 0 Å². The lowest BCUT2D eigenvalue weighted by Crippen LogP contribution is -2.27. The van der Waals surface area contributed by atoms with Crippen LogP contribution in [-0.2, 0) is 22.6 Å². The van der Waals surface area contributed by atoms with Crippen molar-refractivity contribution in [2.24, 2.45) is 0 Å². The molecule has 0 bridgehead atoms. The largest absolute Gasteiger partial charge is 0.491 e. The molecule has 0 saturated heterocycles. The van der Waals surface area contributed by atoms with Gasteiger partial charge in [-0.3, -0.25) is 4.79 Å². The molecule has 0 aromatic heterocycles. The molecule has 22 heavy (non-hydrogen) atoms. The number of benzene rings is 2. The van der Waals surface area contributed by atoms with Crippen molar-refractivity contribution in [1.82, 2.24) is 5.32 Å². The smallest absolute Gasteiger partial charge is 0.457 e. The Labute approximate surface area is 129 Å². The predicted molar refractivity (Wildman–Crippen MR) is 82.9 cm³/mol. The number of rotatable bonds is 4. The van der Waals surface area contributed by atoms with Crippen LogP contribution >= 0.6 is 0 Å². The quantitative estimate of drug-likeness (QED) is 0.836. The minimum Gasteiger partial charge on any atom is -0.457 e.